The molecular formula is C7H8O4. The van der Waals surface area contributed by atoms with Gasteiger partial charge in [0.25, 0.3) is 0 Å². The minimum atomic E-state index is -0.584. The first-order chi connectivity index (χ1) is 5.24. The molecule has 0 aromatic carbocycles. The fourth-order valence-electron chi connectivity index (χ4n) is 0.528. The first kappa shape index (κ1) is 7.94. The van der Waals surface area contributed by atoms with Gasteiger partial charge in [-0.15, -0.1) is 0 Å². The molecule has 1 atom stereocenters. The maximum absolute atomic E-state index is 10.8. The lowest BCUT2D eigenvalue weighted by Crippen LogP contribution is -2.16. The van der Waals surface area contributed by atoms with Crippen LogP contribution in [0.5, 0.6) is 0 Å². The van der Waals surface area contributed by atoms with E-state index in [-0.39, 0.29) is 18.5 Å². The topological polar surface area (TPSA) is 55.9 Å². The van der Waals surface area contributed by atoms with Gasteiger partial charge in [-0.2, -0.15) is 0 Å². The maximum Gasteiger partial charge on any atom is 0.330 e. The van der Waals surface area contributed by atoms with E-state index in [2.05, 4.69) is 16.1 Å². The van der Waals surface area contributed by atoms with Crippen LogP contribution in [0.3, 0.4) is 0 Å². The molecule has 0 amide bonds. The number of ketones is 1. The van der Waals surface area contributed by atoms with Crippen LogP contribution in [-0.2, 0) is 19.1 Å². The quantitative estimate of drug-likeness (QED) is 0.318. The summed E-state index contributed by atoms with van der Waals surface area (Å²) >= 11 is 0. The van der Waals surface area contributed by atoms with Crippen molar-refractivity contribution in [3.05, 3.63) is 12.7 Å². The first-order valence-electron chi connectivity index (χ1n) is 3.17. The summed E-state index contributed by atoms with van der Waals surface area (Å²) < 4.78 is 9.14. The minimum Gasteiger partial charge on any atom is -0.454 e. The van der Waals surface area contributed by atoms with E-state index in [4.69, 9.17) is 0 Å². The molecule has 0 aliphatic carbocycles. The maximum atomic E-state index is 10.8. The Morgan fingerprint density at radius 1 is 1.73 bits per heavy atom. The van der Waals surface area contributed by atoms with Gasteiger partial charge in [0.1, 0.15) is 6.10 Å². The average molecular weight is 156 g/mol. The van der Waals surface area contributed by atoms with E-state index in [1.807, 2.05) is 0 Å². The lowest BCUT2D eigenvalue weighted by Gasteiger charge is -1.96. The van der Waals surface area contributed by atoms with Crippen LogP contribution in [-0.4, -0.2) is 31.1 Å². The smallest absolute Gasteiger partial charge is 0.330 e. The lowest BCUT2D eigenvalue weighted by atomic mass is 10.3. The molecule has 0 N–H and O–H groups in total. The highest BCUT2D eigenvalue weighted by atomic mass is 16.6. The van der Waals surface area contributed by atoms with Crippen LogP contribution >= 0.6 is 0 Å². The predicted molar refractivity (Wildman–Crippen MR) is 35.9 cm³/mol. The molecular weight excluding hydrogens is 148 g/mol. The molecule has 1 rings (SSSR count). The Bertz CT molecular complexity index is 193. The highest BCUT2D eigenvalue weighted by Crippen LogP contribution is 2.09. The molecule has 1 unspecified atom stereocenters. The molecule has 1 heterocycles. The third kappa shape index (κ3) is 2.51. The zero-order chi connectivity index (χ0) is 8.27. The second-order valence-corrected chi connectivity index (χ2v) is 2.10. The number of carbonyl (C=O) groups is 2. The van der Waals surface area contributed by atoms with Gasteiger partial charge >= 0.3 is 5.97 Å². The second-order valence-electron chi connectivity index (χ2n) is 2.10. The molecule has 1 saturated heterocycles. The van der Waals surface area contributed by atoms with E-state index < -0.39 is 5.97 Å². The van der Waals surface area contributed by atoms with Gasteiger partial charge in [-0.05, 0) is 0 Å². The molecule has 1 aliphatic rings. The Morgan fingerprint density at radius 3 is 2.82 bits per heavy atom. The molecule has 11 heavy (non-hydrogen) atoms. The van der Waals surface area contributed by atoms with Crippen molar-refractivity contribution >= 4 is 11.8 Å². The van der Waals surface area contributed by atoms with Crippen molar-refractivity contribution in [2.24, 2.45) is 0 Å². The summed E-state index contributed by atoms with van der Waals surface area (Å²) in [5.41, 5.74) is 0. The van der Waals surface area contributed by atoms with Crippen LogP contribution in [0, 0.1) is 0 Å². The molecule has 0 spiro atoms. The standard InChI is InChI=1S/C7H8O4/c1-2-7(9)11-3-5(8)6-4-10-6/h2,6H,1,3-4H2. The fraction of sp³-hybridized carbons (Fsp3) is 0.429. The number of carbonyl (C=O) groups excluding carboxylic acids is 2. The molecule has 0 bridgehead atoms. The third-order valence-corrected chi connectivity index (χ3v) is 1.22. The highest BCUT2D eigenvalue weighted by molar-refractivity contribution is 5.89. The summed E-state index contributed by atoms with van der Waals surface area (Å²) in [5.74, 6) is -0.779. The number of epoxide rings is 1. The molecule has 4 nitrogen and oxygen atoms in total. The van der Waals surface area contributed by atoms with Gasteiger partial charge in [0.15, 0.2) is 6.61 Å². The van der Waals surface area contributed by atoms with Crippen molar-refractivity contribution < 1.29 is 19.1 Å². The van der Waals surface area contributed by atoms with Crippen LogP contribution in [0.2, 0.25) is 0 Å². The molecule has 0 radical (unpaired) electrons. The van der Waals surface area contributed by atoms with E-state index in [1.54, 1.807) is 0 Å². The zero-order valence-corrected chi connectivity index (χ0v) is 5.91. The zero-order valence-electron chi connectivity index (χ0n) is 5.91. The lowest BCUT2D eigenvalue weighted by molar-refractivity contribution is -0.143. The summed E-state index contributed by atoms with van der Waals surface area (Å²) in [7, 11) is 0. The van der Waals surface area contributed by atoms with Crippen LogP contribution < -0.4 is 0 Å². The Kier molecular flexibility index (Phi) is 2.38. The summed E-state index contributed by atoms with van der Waals surface area (Å²) in [6, 6.07) is 0. The highest BCUT2D eigenvalue weighted by Gasteiger charge is 2.31. The van der Waals surface area contributed by atoms with Gasteiger partial charge in [0.2, 0.25) is 5.78 Å². The molecule has 1 aliphatic heterocycles. The monoisotopic (exact) mass is 156 g/mol. The number of Topliss-reactive ketones (excluding diaryl/α,β-unsaturated/α-hetero) is 1. The molecule has 60 valence electrons. The number of esters is 1. The Hall–Kier alpha value is -1.16. The van der Waals surface area contributed by atoms with E-state index in [0.29, 0.717) is 6.61 Å². The SMILES string of the molecule is C=CC(=O)OCC(=O)C1CO1. The van der Waals surface area contributed by atoms with Crippen molar-refractivity contribution in [3.63, 3.8) is 0 Å². The van der Waals surface area contributed by atoms with Crippen molar-refractivity contribution in [3.8, 4) is 0 Å². The number of rotatable bonds is 4. The average Bonchev–Trinajstić information content (AvgIpc) is 2.81. The van der Waals surface area contributed by atoms with Gasteiger partial charge in [0.05, 0.1) is 6.61 Å². The predicted octanol–water partition coefficient (Wildman–Crippen LogP) is -0.317. The van der Waals surface area contributed by atoms with Crippen molar-refractivity contribution in [1.29, 1.82) is 0 Å². The van der Waals surface area contributed by atoms with E-state index in [1.165, 1.54) is 0 Å². The molecule has 4 heteroatoms. The van der Waals surface area contributed by atoms with Gasteiger partial charge in [-0.1, -0.05) is 6.58 Å². The molecule has 0 aromatic rings. The number of hydrogen-bond acceptors (Lipinski definition) is 4. The number of ether oxygens (including phenoxy) is 2. The van der Waals surface area contributed by atoms with Gasteiger partial charge in [-0.25, -0.2) is 4.79 Å². The summed E-state index contributed by atoms with van der Waals surface area (Å²) in [6.45, 7) is 3.42. The van der Waals surface area contributed by atoms with Crippen molar-refractivity contribution in [1.82, 2.24) is 0 Å². The van der Waals surface area contributed by atoms with Crippen molar-refractivity contribution in [2.45, 2.75) is 6.10 Å². The van der Waals surface area contributed by atoms with E-state index in [0.717, 1.165) is 6.08 Å². The Labute approximate surface area is 63.8 Å². The number of hydrogen-bond donors (Lipinski definition) is 0. The summed E-state index contributed by atoms with van der Waals surface area (Å²) in [5, 5.41) is 0. The van der Waals surface area contributed by atoms with Crippen LogP contribution in [0.15, 0.2) is 12.7 Å². The van der Waals surface area contributed by atoms with E-state index >= 15 is 0 Å². The van der Waals surface area contributed by atoms with Gasteiger partial charge < -0.3 is 9.47 Å². The van der Waals surface area contributed by atoms with Gasteiger partial charge in [-0.3, -0.25) is 4.79 Å². The minimum absolute atomic E-state index is 0.194. The Morgan fingerprint density at radius 2 is 2.36 bits per heavy atom. The Balaban J connectivity index is 2.15. The summed E-state index contributed by atoms with van der Waals surface area (Å²) in [6.07, 6.45) is 0.675. The first-order valence-corrected chi connectivity index (χ1v) is 3.17. The second kappa shape index (κ2) is 3.30. The van der Waals surface area contributed by atoms with Crippen LogP contribution in [0.1, 0.15) is 0 Å². The third-order valence-electron chi connectivity index (χ3n) is 1.22. The fourth-order valence-corrected chi connectivity index (χ4v) is 0.528. The largest absolute Gasteiger partial charge is 0.454 e. The molecule has 1 fully saturated rings. The van der Waals surface area contributed by atoms with Crippen LogP contribution in [0.25, 0.3) is 0 Å². The van der Waals surface area contributed by atoms with Crippen LogP contribution in [0.4, 0.5) is 0 Å². The molecule has 0 saturated carbocycles. The molecule has 0 aromatic heterocycles. The van der Waals surface area contributed by atoms with Crippen molar-refractivity contribution in [2.75, 3.05) is 13.2 Å². The normalized spacial score (nSPS) is 20.5. The van der Waals surface area contributed by atoms with E-state index in [9.17, 15) is 9.59 Å². The van der Waals surface area contributed by atoms with Gasteiger partial charge in [0, 0.05) is 6.08 Å². The summed E-state index contributed by atoms with van der Waals surface area (Å²) in [4.78, 5) is 21.2.